The lowest BCUT2D eigenvalue weighted by molar-refractivity contribution is -0.145. The van der Waals surface area contributed by atoms with E-state index >= 15 is 0 Å². The smallest absolute Gasteiger partial charge is 0.308 e. The average Bonchev–Trinajstić information content (AvgIpc) is 3.13. The van der Waals surface area contributed by atoms with Gasteiger partial charge in [-0.3, -0.25) is 9.78 Å². The monoisotopic (exact) mass is 315 g/mol. The summed E-state index contributed by atoms with van der Waals surface area (Å²) in [4.78, 5) is 20.4. The van der Waals surface area contributed by atoms with Crippen LogP contribution in [-0.2, 0) is 9.53 Å². The number of aromatic nitrogens is 4. The second kappa shape index (κ2) is 6.36. The number of hydrogen-bond acceptors (Lipinski definition) is 6. The fourth-order valence-corrected chi connectivity index (χ4v) is 3.09. The van der Waals surface area contributed by atoms with Crippen LogP contribution in [0.25, 0.3) is 5.82 Å². The number of methoxy groups -OCH3 is 1. The molecule has 0 spiro atoms. The number of rotatable bonds is 4. The van der Waals surface area contributed by atoms with Gasteiger partial charge in [-0.05, 0) is 39.2 Å². The Labute approximate surface area is 135 Å². The molecule has 0 amide bonds. The number of carbonyl (C=O) groups is 1. The van der Waals surface area contributed by atoms with E-state index in [1.54, 1.807) is 17.1 Å². The first-order valence-corrected chi connectivity index (χ1v) is 7.77. The van der Waals surface area contributed by atoms with Gasteiger partial charge in [-0.15, -0.1) is 0 Å². The molecule has 0 saturated heterocycles. The minimum Gasteiger partial charge on any atom is -0.469 e. The number of aryl methyl sites for hydroxylation is 2. The van der Waals surface area contributed by atoms with Crippen LogP contribution in [-0.4, -0.2) is 38.9 Å². The van der Waals surface area contributed by atoms with Crippen molar-refractivity contribution in [1.29, 1.82) is 0 Å². The van der Waals surface area contributed by atoms with Gasteiger partial charge in [-0.1, -0.05) is 0 Å². The zero-order chi connectivity index (χ0) is 16.4. The molecule has 7 nitrogen and oxygen atoms in total. The van der Waals surface area contributed by atoms with Crippen molar-refractivity contribution in [3.8, 4) is 5.82 Å². The second-order valence-corrected chi connectivity index (χ2v) is 5.98. The largest absolute Gasteiger partial charge is 0.469 e. The molecule has 0 aromatic carbocycles. The van der Waals surface area contributed by atoms with Crippen LogP contribution >= 0.6 is 0 Å². The van der Waals surface area contributed by atoms with E-state index in [-0.39, 0.29) is 17.9 Å². The maximum Gasteiger partial charge on any atom is 0.308 e. The SMILES string of the molecule is COC(=O)[C@H]1CC[C@@H](Nc2cncc(-n3nc(C)cc3C)n2)C1. The summed E-state index contributed by atoms with van der Waals surface area (Å²) < 4.78 is 6.60. The third kappa shape index (κ3) is 3.33. The Bertz CT molecular complexity index is 712. The van der Waals surface area contributed by atoms with E-state index in [1.165, 1.54) is 7.11 Å². The van der Waals surface area contributed by atoms with E-state index in [2.05, 4.69) is 20.4 Å². The lowest BCUT2D eigenvalue weighted by atomic mass is 10.1. The molecule has 23 heavy (non-hydrogen) atoms. The number of nitrogens with one attached hydrogen (secondary N) is 1. The molecule has 7 heteroatoms. The minimum atomic E-state index is -0.128. The molecule has 2 heterocycles. The van der Waals surface area contributed by atoms with Crippen LogP contribution in [0.15, 0.2) is 18.5 Å². The van der Waals surface area contributed by atoms with Gasteiger partial charge in [0.05, 0.1) is 31.1 Å². The Morgan fingerprint density at radius 1 is 1.35 bits per heavy atom. The predicted octanol–water partition coefficient (Wildman–Crippen LogP) is 2.03. The molecular formula is C16H21N5O2. The van der Waals surface area contributed by atoms with Gasteiger partial charge in [0.15, 0.2) is 5.82 Å². The maximum atomic E-state index is 11.6. The number of esters is 1. The minimum absolute atomic E-state index is 0.0235. The van der Waals surface area contributed by atoms with Gasteiger partial charge in [-0.25, -0.2) is 9.67 Å². The third-order valence-electron chi connectivity index (χ3n) is 4.17. The summed E-state index contributed by atoms with van der Waals surface area (Å²) in [5.41, 5.74) is 1.96. The highest BCUT2D eigenvalue weighted by molar-refractivity contribution is 5.72. The van der Waals surface area contributed by atoms with Gasteiger partial charge in [0.25, 0.3) is 0 Å². The van der Waals surface area contributed by atoms with Crippen LogP contribution in [0.5, 0.6) is 0 Å². The van der Waals surface area contributed by atoms with Gasteiger partial charge in [-0.2, -0.15) is 5.10 Å². The van der Waals surface area contributed by atoms with Crippen molar-refractivity contribution in [2.45, 2.75) is 39.2 Å². The van der Waals surface area contributed by atoms with Crippen LogP contribution in [0.3, 0.4) is 0 Å². The quantitative estimate of drug-likeness (QED) is 0.869. The van der Waals surface area contributed by atoms with Crippen LogP contribution in [0.4, 0.5) is 5.82 Å². The lowest BCUT2D eigenvalue weighted by Gasteiger charge is -2.14. The zero-order valence-corrected chi connectivity index (χ0v) is 13.6. The average molecular weight is 315 g/mol. The van der Waals surface area contributed by atoms with Crippen molar-refractivity contribution in [1.82, 2.24) is 19.7 Å². The molecule has 1 aliphatic rings. The summed E-state index contributed by atoms with van der Waals surface area (Å²) in [6, 6.07) is 2.21. The summed E-state index contributed by atoms with van der Waals surface area (Å²) in [6.45, 7) is 3.93. The van der Waals surface area contributed by atoms with Crippen molar-refractivity contribution in [3.63, 3.8) is 0 Å². The maximum absolute atomic E-state index is 11.6. The van der Waals surface area contributed by atoms with Crippen molar-refractivity contribution in [2.75, 3.05) is 12.4 Å². The molecule has 0 aliphatic heterocycles. The number of anilines is 1. The van der Waals surface area contributed by atoms with Gasteiger partial charge in [0.1, 0.15) is 5.82 Å². The van der Waals surface area contributed by atoms with Gasteiger partial charge >= 0.3 is 5.97 Å². The summed E-state index contributed by atoms with van der Waals surface area (Å²) in [7, 11) is 1.44. The number of nitrogens with zero attached hydrogens (tertiary/aromatic N) is 4. The molecular weight excluding hydrogens is 294 g/mol. The Morgan fingerprint density at radius 2 is 2.17 bits per heavy atom. The van der Waals surface area contributed by atoms with Crippen LogP contribution in [0, 0.1) is 19.8 Å². The molecule has 0 radical (unpaired) electrons. The van der Waals surface area contributed by atoms with E-state index in [1.807, 2.05) is 19.9 Å². The van der Waals surface area contributed by atoms with Crippen LogP contribution < -0.4 is 5.32 Å². The fourth-order valence-electron chi connectivity index (χ4n) is 3.09. The fraction of sp³-hybridized carbons (Fsp3) is 0.500. The molecule has 3 rings (SSSR count). The molecule has 1 saturated carbocycles. The Balaban J connectivity index is 1.71. The molecule has 1 N–H and O–H groups in total. The standard InChI is InChI=1S/C16H21N5O2/c1-10-6-11(2)21(20-10)15-9-17-8-14(19-15)18-13-5-4-12(7-13)16(22)23-3/h6,8-9,12-13H,4-5,7H2,1-3H3,(H,18,19)/t12-,13+/m0/s1. The summed E-state index contributed by atoms with van der Waals surface area (Å²) in [5, 5.41) is 7.79. The van der Waals surface area contributed by atoms with Crippen molar-refractivity contribution >= 4 is 11.8 Å². The molecule has 2 atom stereocenters. The summed E-state index contributed by atoms with van der Waals surface area (Å²) in [6.07, 6.45) is 5.91. The highest BCUT2D eigenvalue weighted by Crippen LogP contribution is 2.28. The Hall–Kier alpha value is -2.44. The highest BCUT2D eigenvalue weighted by Gasteiger charge is 2.30. The van der Waals surface area contributed by atoms with Gasteiger partial charge < -0.3 is 10.1 Å². The highest BCUT2D eigenvalue weighted by atomic mass is 16.5. The summed E-state index contributed by atoms with van der Waals surface area (Å²) in [5.74, 6) is 1.23. The number of ether oxygens (including phenoxy) is 1. The third-order valence-corrected chi connectivity index (χ3v) is 4.17. The Morgan fingerprint density at radius 3 is 2.87 bits per heavy atom. The normalized spacial score (nSPS) is 20.5. The van der Waals surface area contributed by atoms with Crippen LogP contribution in [0.2, 0.25) is 0 Å². The van der Waals surface area contributed by atoms with Crippen molar-refractivity contribution in [2.24, 2.45) is 5.92 Å². The molecule has 1 aliphatic carbocycles. The first kappa shape index (κ1) is 15.5. The number of carbonyl (C=O) groups excluding carboxylic acids is 1. The molecule has 1 fully saturated rings. The van der Waals surface area contributed by atoms with E-state index in [9.17, 15) is 4.79 Å². The molecule has 2 aromatic rings. The Kier molecular flexibility index (Phi) is 4.27. The van der Waals surface area contributed by atoms with Gasteiger partial charge in [0.2, 0.25) is 0 Å². The first-order chi connectivity index (χ1) is 11.1. The van der Waals surface area contributed by atoms with E-state index in [0.717, 1.165) is 30.7 Å². The predicted molar refractivity (Wildman–Crippen MR) is 85.4 cm³/mol. The van der Waals surface area contributed by atoms with Gasteiger partial charge in [0, 0.05) is 11.7 Å². The van der Waals surface area contributed by atoms with Crippen molar-refractivity contribution < 1.29 is 9.53 Å². The van der Waals surface area contributed by atoms with E-state index < -0.39 is 0 Å². The second-order valence-electron chi connectivity index (χ2n) is 5.98. The number of hydrogen-bond donors (Lipinski definition) is 1. The molecule has 2 aromatic heterocycles. The molecule has 0 unspecified atom stereocenters. The topological polar surface area (TPSA) is 81.9 Å². The molecule has 122 valence electrons. The van der Waals surface area contributed by atoms with Crippen molar-refractivity contribution in [3.05, 3.63) is 29.8 Å². The lowest BCUT2D eigenvalue weighted by Crippen LogP contribution is -2.20. The van der Waals surface area contributed by atoms with E-state index in [4.69, 9.17) is 4.74 Å². The summed E-state index contributed by atoms with van der Waals surface area (Å²) >= 11 is 0. The zero-order valence-electron chi connectivity index (χ0n) is 13.6. The van der Waals surface area contributed by atoms with E-state index in [0.29, 0.717) is 11.6 Å². The van der Waals surface area contributed by atoms with Crippen LogP contribution in [0.1, 0.15) is 30.7 Å². The molecule has 0 bridgehead atoms. The first-order valence-electron chi connectivity index (χ1n) is 7.77.